The van der Waals surface area contributed by atoms with Crippen molar-refractivity contribution < 1.29 is 14.3 Å². The molecule has 29 heavy (non-hydrogen) atoms. The van der Waals surface area contributed by atoms with Gasteiger partial charge in [-0.25, -0.2) is 4.98 Å². The van der Waals surface area contributed by atoms with Crippen LogP contribution in [0.1, 0.15) is 34.5 Å². The molecule has 0 bridgehead atoms. The van der Waals surface area contributed by atoms with Crippen LogP contribution in [0.25, 0.3) is 0 Å². The largest absolute Gasteiger partial charge is 0.487 e. The molecule has 0 N–H and O–H groups in total. The first kappa shape index (κ1) is 19.5. The smallest absolute Gasteiger partial charge is 0.254 e. The van der Waals surface area contributed by atoms with Crippen LogP contribution in [-0.2, 0) is 17.9 Å². The number of amides is 1. The summed E-state index contributed by atoms with van der Waals surface area (Å²) in [4.78, 5) is 23.3. The van der Waals surface area contributed by atoms with E-state index >= 15 is 0 Å². The van der Waals surface area contributed by atoms with Crippen molar-refractivity contribution in [2.75, 3.05) is 13.2 Å². The number of hydrogen-bond acceptors (Lipinski definition) is 6. The zero-order chi connectivity index (χ0) is 19.9. The molecule has 3 aromatic rings. The third-order valence-corrected chi connectivity index (χ3v) is 5.46. The Morgan fingerprint density at radius 3 is 2.72 bits per heavy atom. The average molecular weight is 410 g/mol. The molecule has 1 aliphatic rings. The summed E-state index contributed by atoms with van der Waals surface area (Å²) in [6.45, 7) is 2.31. The molecule has 3 heterocycles. The summed E-state index contributed by atoms with van der Waals surface area (Å²) in [5.74, 6) is 0.706. The normalized spacial score (nSPS) is 15.9. The van der Waals surface area contributed by atoms with Gasteiger partial charge in [0, 0.05) is 43.0 Å². The second-order valence-corrected chi connectivity index (χ2v) is 7.69. The van der Waals surface area contributed by atoms with E-state index in [1.807, 2.05) is 46.7 Å². The highest BCUT2D eigenvalue weighted by Gasteiger charge is 2.23. The minimum Gasteiger partial charge on any atom is -0.487 e. The molecular formula is C22H23N3O3S. The van der Waals surface area contributed by atoms with Crippen LogP contribution in [0.5, 0.6) is 5.75 Å². The van der Waals surface area contributed by atoms with Gasteiger partial charge in [-0.1, -0.05) is 0 Å². The average Bonchev–Trinajstić information content (AvgIpc) is 3.47. The molecule has 1 atom stereocenters. The van der Waals surface area contributed by atoms with Crippen molar-refractivity contribution in [1.29, 1.82) is 0 Å². The van der Waals surface area contributed by atoms with Gasteiger partial charge in [-0.05, 0) is 54.8 Å². The molecule has 1 unspecified atom stereocenters. The molecule has 7 heteroatoms. The summed E-state index contributed by atoms with van der Waals surface area (Å²) >= 11 is 1.54. The molecule has 4 rings (SSSR count). The molecule has 1 saturated heterocycles. The third-order valence-electron chi connectivity index (χ3n) is 4.83. The van der Waals surface area contributed by atoms with Gasteiger partial charge in [-0.15, -0.1) is 11.3 Å². The molecule has 0 radical (unpaired) electrons. The molecule has 1 amide bonds. The van der Waals surface area contributed by atoms with Gasteiger partial charge in [0.1, 0.15) is 12.4 Å². The molecule has 1 aliphatic heterocycles. The molecule has 0 spiro atoms. The highest BCUT2D eigenvalue weighted by atomic mass is 32.1. The van der Waals surface area contributed by atoms with Gasteiger partial charge in [0.05, 0.1) is 17.3 Å². The summed E-state index contributed by atoms with van der Waals surface area (Å²) in [5, 5.41) is 1.96. The van der Waals surface area contributed by atoms with Crippen LogP contribution in [0.3, 0.4) is 0 Å². The Bertz CT molecular complexity index is 895. The Balaban J connectivity index is 1.43. The van der Waals surface area contributed by atoms with Gasteiger partial charge in [0.2, 0.25) is 0 Å². The molecule has 150 valence electrons. The fraction of sp³-hybridized carbons (Fsp3) is 0.318. The lowest BCUT2D eigenvalue weighted by atomic mass is 10.1. The fourth-order valence-corrected chi connectivity index (χ4v) is 3.85. The minimum absolute atomic E-state index is 0.0108. The van der Waals surface area contributed by atoms with Crippen molar-refractivity contribution in [3.8, 4) is 5.75 Å². The summed E-state index contributed by atoms with van der Waals surface area (Å²) in [6.07, 6.45) is 5.63. The van der Waals surface area contributed by atoms with Crippen molar-refractivity contribution in [2.45, 2.75) is 32.1 Å². The van der Waals surface area contributed by atoms with E-state index in [0.717, 1.165) is 36.5 Å². The summed E-state index contributed by atoms with van der Waals surface area (Å²) in [7, 11) is 0. The quantitative estimate of drug-likeness (QED) is 0.564. The van der Waals surface area contributed by atoms with Gasteiger partial charge in [0.25, 0.3) is 5.91 Å². The zero-order valence-electron chi connectivity index (χ0n) is 16.1. The van der Waals surface area contributed by atoms with Gasteiger partial charge >= 0.3 is 0 Å². The van der Waals surface area contributed by atoms with E-state index in [9.17, 15) is 4.79 Å². The number of rotatable bonds is 8. The van der Waals surface area contributed by atoms with E-state index in [4.69, 9.17) is 9.47 Å². The number of benzene rings is 1. The number of thiazole rings is 1. The summed E-state index contributed by atoms with van der Waals surface area (Å²) in [6, 6.07) is 11.2. The highest BCUT2D eigenvalue weighted by molar-refractivity contribution is 7.07. The first-order chi connectivity index (χ1) is 14.3. The summed E-state index contributed by atoms with van der Waals surface area (Å²) < 4.78 is 11.5. The first-order valence-electron chi connectivity index (χ1n) is 9.67. The Kier molecular flexibility index (Phi) is 6.49. The minimum atomic E-state index is -0.0108. The number of carbonyl (C=O) groups excluding carboxylic acids is 1. The van der Waals surface area contributed by atoms with E-state index in [1.165, 1.54) is 0 Å². The van der Waals surface area contributed by atoms with Crippen molar-refractivity contribution in [3.05, 3.63) is 76.5 Å². The number of aromatic nitrogens is 2. The van der Waals surface area contributed by atoms with Gasteiger partial charge in [-0.2, -0.15) is 0 Å². The topological polar surface area (TPSA) is 64.5 Å². The maximum atomic E-state index is 13.2. The predicted molar refractivity (Wildman–Crippen MR) is 111 cm³/mol. The lowest BCUT2D eigenvalue weighted by molar-refractivity contribution is 0.0507. The second kappa shape index (κ2) is 9.62. The summed E-state index contributed by atoms with van der Waals surface area (Å²) in [5.41, 5.74) is 4.37. The lowest BCUT2D eigenvalue weighted by Gasteiger charge is -2.26. The van der Waals surface area contributed by atoms with E-state index in [-0.39, 0.29) is 12.0 Å². The maximum absolute atomic E-state index is 13.2. The van der Waals surface area contributed by atoms with Crippen LogP contribution < -0.4 is 4.74 Å². The Hall–Kier alpha value is -2.77. The highest BCUT2D eigenvalue weighted by Crippen LogP contribution is 2.19. The molecule has 1 fully saturated rings. The molecule has 2 aromatic heterocycles. The fourth-order valence-electron chi connectivity index (χ4n) is 3.30. The first-order valence-corrected chi connectivity index (χ1v) is 10.6. The Labute approximate surface area is 174 Å². The predicted octanol–water partition coefficient (Wildman–Crippen LogP) is 3.94. The van der Waals surface area contributed by atoms with Crippen molar-refractivity contribution in [1.82, 2.24) is 14.9 Å². The second-order valence-electron chi connectivity index (χ2n) is 6.97. The Morgan fingerprint density at radius 2 is 2.03 bits per heavy atom. The number of nitrogens with zero attached hydrogens (tertiary/aromatic N) is 3. The molecule has 0 aliphatic carbocycles. The van der Waals surface area contributed by atoms with Gasteiger partial charge < -0.3 is 14.4 Å². The van der Waals surface area contributed by atoms with Crippen molar-refractivity contribution in [2.24, 2.45) is 0 Å². The zero-order valence-corrected chi connectivity index (χ0v) is 16.9. The van der Waals surface area contributed by atoms with Crippen LogP contribution >= 0.6 is 11.3 Å². The van der Waals surface area contributed by atoms with E-state index < -0.39 is 0 Å². The van der Waals surface area contributed by atoms with E-state index in [0.29, 0.717) is 25.3 Å². The van der Waals surface area contributed by atoms with Crippen LogP contribution in [0.15, 0.2) is 59.7 Å². The standard InChI is InChI=1S/C22H23N3O3S/c26-22(18-3-5-20(6-4-18)28-14-19-15-29-16-24-19)25(13-21-2-1-11-27-21)12-17-7-9-23-10-8-17/h3-10,15-16,21H,1-2,11-14H2. The van der Waals surface area contributed by atoms with Crippen LogP contribution in [-0.4, -0.2) is 40.0 Å². The van der Waals surface area contributed by atoms with Crippen LogP contribution in [0, 0.1) is 0 Å². The van der Waals surface area contributed by atoms with Crippen LogP contribution in [0.4, 0.5) is 0 Å². The van der Waals surface area contributed by atoms with E-state index in [2.05, 4.69) is 9.97 Å². The lowest BCUT2D eigenvalue weighted by Crippen LogP contribution is -2.37. The molecular weight excluding hydrogens is 386 g/mol. The van der Waals surface area contributed by atoms with Gasteiger partial charge in [0.15, 0.2) is 0 Å². The molecule has 6 nitrogen and oxygen atoms in total. The maximum Gasteiger partial charge on any atom is 0.254 e. The SMILES string of the molecule is O=C(c1ccc(OCc2cscn2)cc1)N(Cc1ccncc1)CC1CCCO1. The molecule has 1 aromatic carbocycles. The van der Waals surface area contributed by atoms with Crippen LogP contribution in [0.2, 0.25) is 0 Å². The van der Waals surface area contributed by atoms with Gasteiger partial charge in [-0.3, -0.25) is 9.78 Å². The number of pyridine rings is 1. The van der Waals surface area contributed by atoms with E-state index in [1.54, 1.807) is 29.2 Å². The Morgan fingerprint density at radius 1 is 1.21 bits per heavy atom. The number of ether oxygens (including phenoxy) is 2. The number of hydrogen-bond donors (Lipinski definition) is 0. The van der Waals surface area contributed by atoms with Crippen molar-refractivity contribution >= 4 is 17.2 Å². The van der Waals surface area contributed by atoms with Crippen molar-refractivity contribution in [3.63, 3.8) is 0 Å². The molecule has 0 saturated carbocycles. The third kappa shape index (κ3) is 5.40. The monoisotopic (exact) mass is 409 g/mol. The number of carbonyl (C=O) groups is 1.